The molecule has 0 unspecified atom stereocenters. The first-order valence-electron chi connectivity index (χ1n) is 9.73. The summed E-state index contributed by atoms with van der Waals surface area (Å²) in [6.45, 7) is 1.98. The first kappa shape index (κ1) is 21.9. The van der Waals surface area contributed by atoms with E-state index in [0.29, 0.717) is 36.7 Å². The molecule has 0 aliphatic rings. The van der Waals surface area contributed by atoms with Crippen molar-refractivity contribution in [3.63, 3.8) is 0 Å². The van der Waals surface area contributed by atoms with Gasteiger partial charge in [0.1, 0.15) is 0 Å². The standard InChI is InChI=1S/C22H29N5O2/c1-23-20(28)19-11-6-8-17(16-19)12-15-27-22(24-2)26-14-7-13-25-21(29)18-9-4-3-5-10-18/h3-6,8-11,16H,7,12-15H2,1-2H3,(H,23,28)(H,25,29)(H2,24,26,27). The number of nitrogens with one attached hydrogen (secondary N) is 4. The maximum atomic E-state index is 12.0. The van der Waals surface area contributed by atoms with Crippen LogP contribution in [0.25, 0.3) is 0 Å². The molecule has 0 heterocycles. The summed E-state index contributed by atoms with van der Waals surface area (Å²) in [6.07, 6.45) is 1.56. The lowest BCUT2D eigenvalue weighted by Crippen LogP contribution is -2.39. The molecule has 29 heavy (non-hydrogen) atoms. The molecule has 0 saturated heterocycles. The second-order valence-electron chi connectivity index (χ2n) is 6.43. The number of aliphatic imine (C=N–C) groups is 1. The summed E-state index contributed by atoms with van der Waals surface area (Å²) in [6, 6.07) is 16.8. The van der Waals surface area contributed by atoms with Crippen LogP contribution >= 0.6 is 0 Å². The van der Waals surface area contributed by atoms with Crippen LogP contribution in [0.4, 0.5) is 0 Å². The van der Waals surface area contributed by atoms with Crippen molar-refractivity contribution in [1.29, 1.82) is 0 Å². The third-order valence-electron chi connectivity index (χ3n) is 4.31. The van der Waals surface area contributed by atoms with Crippen LogP contribution in [0.5, 0.6) is 0 Å². The van der Waals surface area contributed by atoms with E-state index in [1.54, 1.807) is 32.3 Å². The Morgan fingerprint density at radius 3 is 2.24 bits per heavy atom. The molecule has 0 atom stereocenters. The van der Waals surface area contributed by atoms with Crippen molar-refractivity contribution < 1.29 is 9.59 Å². The molecule has 7 heteroatoms. The van der Waals surface area contributed by atoms with Gasteiger partial charge in [0.05, 0.1) is 0 Å². The number of carbonyl (C=O) groups is 2. The van der Waals surface area contributed by atoms with Crippen molar-refractivity contribution in [2.45, 2.75) is 12.8 Å². The van der Waals surface area contributed by atoms with E-state index in [0.717, 1.165) is 18.4 Å². The summed E-state index contributed by atoms with van der Waals surface area (Å²) in [7, 11) is 3.35. The monoisotopic (exact) mass is 395 g/mol. The molecule has 2 rings (SSSR count). The maximum absolute atomic E-state index is 12.0. The van der Waals surface area contributed by atoms with Crippen molar-refractivity contribution >= 4 is 17.8 Å². The van der Waals surface area contributed by atoms with Gasteiger partial charge in [0.25, 0.3) is 11.8 Å². The summed E-state index contributed by atoms with van der Waals surface area (Å²) in [5.74, 6) is 0.561. The third-order valence-corrected chi connectivity index (χ3v) is 4.31. The summed E-state index contributed by atoms with van der Waals surface area (Å²) in [4.78, 5) is 27.9. The molecule has 2 amide bonds. The average Bonchev–Trinajstić information content (AvgIpc) is 2.77. The minimum Gasteiger partial charge on any atom is -0.356 e. The molecule has 4 N–H and O–H groups in total. The number of rotatable bonds is 9. The summed E-state index contributed by atoms with van der Waals surface area (Å²) >= 11 is 0. The molecule has 0 fully saturated rings. The lowest BCUT2D eigenvalue weighted by Gasteiger charge is -2.12. The van der Waals surface area contributed by atoms with Gasteiger partial charge in [0.2, 0.25) is 0 Å². The number of benzene rings is 2. The van der Waals surface area contributed by atoms with E-state index in [-0.39, 0.29) is 11.8 Å². The van der Waals surface area contributed by atoms with Gasteiger partial charge in [0, 0.05) is 44.9 Å². The number of hydrogen-bond donors (Lipinski definition) is 4. The normalized spacial score (nSPS) is 10.9. The van der Waals surface area contributed by atoms with Gasteiger partial charge in [-0.15, -0.1) is 0 Å². The van der Waals surface area contributed by atoms with Crippen LogP contribution in [-0.4, -0.2) is 51.5 Å². The fourth-order valence-corrected chi connectivity index (χ4v) is 2.75. The number of amides is 2. The number of carbonyl (C=O) groups excluding carboxylic acids is 2. The topological polar surface area (TPSA) is 94.6 Å². The molecule has 0 aliphatic heterocycles. The van der Waals surface area contributed by atoms with Crippen LogP contribution in [-0.2, 0) is 6.42 Å². The van der Waals surface area contributed by atoms with Gasteiger partial charge in [-0.05, 0) is 42.7 Å². The van der Waals surface area contributed by atoms with Gasteiger partial charge in [-0.1, -0.05) is 30.3 Å². The Labute approximate surface area is 172 Å². The quantitative estimate of drug-likeness (QED) is 0.295. The summed E-state index contributed by atoms with van der Waals surface area (Å²) in [5, 5.41) is 12.0. The minimum atomic E-state index is -0.0864. The van der Waals surface area contributed by atoms with E-state index in [9.17, 15) is 9.59 Å². The van der Waals surface area contributed by atoms with Crippen molar-refractivity contribution in [2.75, 3.05) is 33.7 Å². The highest BCUT2D eigenvalue weighted by Gasteiger charge is 2.05. The largest absolute Gasteiger partial charge is 0.356 e. The number of hydrogen-bond acceptors (Lipinski definition) is 3. The predicted molar refractivity (Wildman–Crippen MR) is 116 cm³/mol. The second kappa shape index (κ2) is 12.2. The van der Waals surface area contributed by atoms with Gasteiger partial charge in [-0.3, -0.25) is 14.6 Å². The molecule has 7 nitrogen and oxygen atoms in total. The molecule has 2 aromatic rings. The highest BCUT2D eigenvalue weighted by molar-refractivity contribution is 5.94. The summed E-state index contributed by atoms with van der Waals surface area (Å²) < 4.78 is 0. The maximum Gasteiger partial charge on any atom is 0.251 e. The van der Waals surface area contributed by atoms with E-state index in [1.165, 1.54) is 0 Å². The average molecular weight is 396 g/mol. The zero-order valence-corrected chi connectivity index (χ0v) is 17.0. The minimum absolute atomic E-state index is 0.0629. The zero-order valence-electron chi connectivity index (χ0n) is 17.0. The van der Waals surface area contributed by atoms with Gasteiger partial charge in [0.15, 0.2) is 5.96 Å². The first-order valence-corrected chi connectivity index (χ1v) is 9.73. The van der Waals surface area contributed by atoms with Crippen molar-refractivity contribution in [3.05, 3.63) is 71.3 Å². The predicted octanol–water partition coefficient (Wildman–Crippen LogP) is 1.57. The molecule has 0 aromatic heterocycles. The molecule has 0 radical (unpaired) electrons. The number of guanidine groups is 1. The Balaban J connectivity index is 1.64. The first-order chi connectivity index (χ1) is 14.1. The molecular formula is C22H29N5O2. The Morgan fingerprint density at radius 1 is 0.828 bits per heavy atom. The van der Waals surface area contributed by atoms with E-state index in [4.69, 9.17) is 0 Å². The molecule has 0 spiro atoms. The Morgan fingerprint density at radius 2 is 1.52 bits per heavy atom. The summed E-state index contributed by atoms with van der Waals surface area (Å²) in [5.41, 5.74) is 2.40. The third kappa shape index (κ3) is 7.65. The van der Waals surface area contributed by atoms with Gasteiger partial charge in [-0.25, -0.2) is 0 Å². The highest BCUT2D eigenvalue weighted by atomic mass is 16.2. The zero-order chi connectivity index (χ0) is 20.9. The molecule has 0 bridgehead atoms. The fourth-order valence-electron chi connectivity index (χ4n) is 2.75. The molecular weight excluding hydrogens is 366 g/mol. The van der Waals surface area contributed by atoms with Gasteiger partial charge >= 0.3 is 0 Å². The van der Waals surface area contributed by atoms with Gasteiger partial charge in [-0.2, -0.15) is 0 Å². The molecule has 0 saturated carbocycles. The van der Waals surface area contributed by atoms with Crippen LogP contribution < -0.4 is 21.3 Å². The Hall–Kier alpha value is -3.35. The second-order valence-corrected chi connectivity index (χ2v) is 6.43. The smallest absolute Gasteiger partial charge is 0.251 e. The van der Waals surface area contributed by atoms with E-state index < -0.39 is 0 Å². The Kier molecular flexibility index (Phi) is 9.21. The van der Waals surface area contributed by atoms with Crippen molar-refractivity contribution in [1.82, 2.24) is 21.3 Å². The van der Waals surface area contributed by atoms with Crippen LogP contribution in [0, 0.1) is 0 Å². The molecule has 0 aliphatic carbocycles. The highest BCUT2D eigenvalue weighted by Crippen LogP contribution is 2.05. The van der Waals surface area contributed by atoms with Crippen molar-refractivity contribution in [3.8, 4) is 0 Å². The fraction of sp³-hybridized carbons (Fsp3) is 0.318. The lowest BCUT2D eigenvalue weighted by molar-refractivity contribution is 0.0948. The SMILES string of the molecule is CN=C(NCCCNC(=O)c1ccccc1)NCCc1cccc(C(=O)NC)c1. The molecule has 154 valence electrons. The van der Waals surface area contributed by atoms with Crippen LogP contribution in [0.15, 0.2) is 59.6 Å². The van der Waals surface area contributed by atoms with Crippen LogP contribution in [0.1, 0.15) is 32.7 Å². The Bertz CT molecular complexity index is 821. The van der Waals surface area contributed by atoms with Crippen LogP contribution in [0.2, 0.25) is 0 Å². The van der Waals surface area contributed by atoms with Gasteiger partial charge < -0.3 is 21.3 Å². The lowest BCUT2D eigenvalue weighted by atomic mass is 10.1. The van der Waals surface area contributed by atoms with E-state index in [1.807, 2.05) is 36.4 Å². The van der Waals surface area contributed by atoms with E-state index in [2.05, 4.69) is 26.3 Å². The molecule has 2 aromatic carbocycles. The van der Waals surface area contributed by atoms with E-state index >= 15 is 0 Å². The van der Waals surface area contributed by atoms with Crippen LogP contribution in [0.3, 0.4) is 0 Å². The van der Waals surface area contributed by atoms with Crippen molar-refractivity contribution in [2.24, 2.45) is 4.99 Å². The number of nitrogens with zero attached hydrogens (tertiary/aromatic N) is 1.